The number of benzene rings is 1. The zero-order valence-electron chi connectivity index (χ0n) is 12.7. The molecule has 4 heteroatoms. The lowest BCUT2D eigenvalue weighted by Gasteiger charge is -2.22. The number of Topliss-reactive ketones (excluding diaryl/α,β-unsaturated/α-hetero) is 1. The predicted octanol–water partition coefficient (Wildman–Crippen LogP) is 5.19. The molecule has 1 aromatic rings. The molecular weight excluding hydrogens is 350 g/mol. The average molecular weight is 373 g/mol. The van der Waals surface area contributed by atoms with Crippen LogP contribution in [0.5, 0.6) is 0 Å². The zero-order chi connectivity index (χ0) is 15.4. The Bertz CT molecular complexity index is 500. The van der Waals surface area contributed by atoms with Crippen molar-refractivity contribution >= 4 is 33.3 Å². The number of ketones is 1. The summed E-state index contributed by atoms with van der Waals surface area (Å²) < 4.78 is 0.903. The maximum atomic E-state index is 12.3. The summed E-state index contributed by atoms with van der Waals surface area (Å²) in [5, 5.41) is 0.537. The van der Waals surface area contributed by atoms with Gasteiger partial charge in [0.05, 0.1) is 5.02 Å². The van der Waals surface area contributed by atoms with E-state index in [1.165, 1.54) is 19.3 Å². The van der Waals surface area contributed by atoms with E-state index < -0.39 is 0 Å². The van der Waals surface area contributed by atoms with Crippen molar-refractivity contribution in [3.8, 4) is 0 Å². The SMILES string of the molecule is CC(C)CCN(CCC(=O)c1ccc(Br)cc1Cl)C1CC1. The number of carbonyl (C=O) groups excluding carboxylic acids is 1. The van der Waals surface area contributed by atoms with Crippen LogP contribution >= 0.6 is 27.5 Å². The highest BCUT2D eigenvalue weighted by Crippen LogP contribution is 2.28. The highest BCUT2D eigenvalue weighted by Gasteiger charge is 2.29. The molecule has 0 aromatic heterocycles. The number of carbonyl (C=O) groups is 1. The third-order valence-electron chi connectivity index (χ3n) is 3.91. The molecule has 2 nitrogen and oxygen atoms in total. The maximum Gasteiger partial charge on any atom is 0.165 e. The molecule has 0 saturated heterocycles. The molecule has 0 aliphatic heterocycles. The van der Waals surface area contributed by atoms with Gasteiger partial charge in [-0.3, -0.25) is 9.69 Å². The lowest BCUT2D eigenvalue weighted by molar-refractivity contribution is 0.0961. The first-order valence-corrected chi connectivity index (χ1v) is 8.86. The van der Waals surface area contributed by atoms with Crippen LogP contribution in [0.1, 0.15) is 49.9 Å². The first-order chi connectivity index (χ1) is 9.97. The predicted molar refractivity (Wildman–Crippen MR) is 92.1 cm³/mol. The van der Waals surface area contributed by atoms with E-state index in [0.29, 0.717) is 29.0 Å². The van der Waals surface area contributed by atoms with Crippen molar-refractivity contribution in [3.63, 3.8) is 0 Å². The van der Waals surface area contributed by atoms with E-state index in [4.69, 9.17) is 11.6 Å². The van der Waals surface area contributed by atoms with Gasteiger partial charge in [0.1, 0.15) is 0 Å². The van der Waals surface area contributed by atoms with Gasteiger partial charge in [0.15, 0.2) is 5.78 Å². The number of hydrogen-bond acceptors (Lipinski definition) is 2. The van der Waals surface area contributed by atoms with E-state index in [2.05, 4.69) is 34.7 Å². The molecular formula is C17H23BrClNO. The minimum atomic E-state index is 0.141. The summed E-state index contributed by atoms with van der Waals surface area (Å²) in [7, 11) is 0. The van der Waals surface area contributed by atoms with Crippen LogP contribution < -0.4 is 0 Å². The smallest absolute Gasteiger partial charge is 0.165 e. The van der Waals surface area contributed by atoms with Crippen molar-refractivity contribution in [2.24, 2.45) is 5.92 Å². The molecule has 0 bridgehead atoms. The molecule has 2 rings (SSSR count). The Balaban J connectivity index is 1.89. The molecule has 0 spiro atoms. The average Bonchev–Trinajstić information content (AvgIpc) is 3.22. The van der Waals surface area contributed by atoms with Crippen LogP contribution in [-0.2, 0) is 0 Å². The van der Waals surface area contributed by atoms with Crippen molar-refractivity contribution in [1.82, 2.24) is 4.90 Å². The summed E-state index contributed by atoms with van der Waals surface area (Å²) in [6.07, 6.45) is 4.32. The molecule has 0 atom stereocenters. The van der Waals surface area contributed by atoms with Crippen LogP contribution in [0.15, 0.2) is 22.7 Å². The molecule has 0 N–H and O–H groups in total. The molecule has 1 aliphatic rings. The van der Waals surface area contributed by atoms with Gasteiger partial charge >= 0.3 is 0 Å². The Morgan fingerprint density at radius 2 is 2.10 bits per heavy atom. The van der Waals surface area contributed by atoms with Gasteiger partial charge in [0.2, 0.25) is 0 Å². The molecule has 0 radical (unpaired) electrons. The number of hydrogen-bond donors (Lipinski definition) is 0. The second-order valence-electron chi connectivity index (χ2n) is 6.25. The maximum absolute atomic E-state index is 12.3. The van der Waals surface area contributed by atoms with Gasteiger partial charge in [0, 0.05) is 29.0 Å². The summed E-state index contributed by atoms with van der Waals surface area (Å²) in [6, 6.07) is 6.17. The second kappa shape index (κ2) is 7.75. The molecule has 0 heterocycles. The minimum Gasteiger partial charge on any atom is -0.300 e. The van der Waals surface area contributed by atoms with Gasteiger partial charge in [-0.25, -0.2) is 0 Å². The molecule has 1 saturated carbocycles. The van der Waals surface area contributed by atoms with Crippen molar-refractivity contribution in [2.45, 2.75) is 45.6 Å². The van der Waals surface area contributed by atoms with E-state index in [9.17, 15) is 4.79 Å². The van der Waals surface area contributed by atoms with Crippen LogP contribution in [0, 0.1) is 5.92 Å². The Morgan fingerprint density at radius 3 is 2.67 bits per heavy atom. The highest BCUT2D eigenvalue weighted by atomic mass is 79.9. The largest absolute Gasteiger partial charge is 0.300 e. The molecule has 1 aromatic carbocycles. The van der Waals surface area contributed by atoms with E-state index in [0.717, 1.165) is 17.6 Å². The lowest BCUT2D eigenvalue weighted by atomic mass is 10.1. The number of rotatable bonds is 8. The fraction of sp³-hybridized carbons (Fsp3) is 0.588. The topological polar surface area (TPSA) is 20.3 Å². The van der Waals surface area contributed by atoms with Crippen LogP contribution in [0.2, 0.25) is 5.02 Å². The lowest BCUT2D eigenvalue weighted by Crippen LogP contribution is -2.30. The first-order valence-electron chi connectivity index (χ1n) is 7.69. The molecule has 1 aliphatic carbocycles. The van der Waals surface area contributed by atoms with Crippen LogP contribution in [0.4, 0.5) is 0 Å². The normalized spacial score (nSPS) is 15.0. The van der Waals surface area contributed by atoms with Gasteiger partial charge in [-0.05, 0) is 49.9 Å². The minimum absolute atomic E-state index is 0.141. The van der Waals surface area contributed by atoms with Crippen LogP contribution in [0.3, 0.4) is 0 Å². The van der Waals surface area contributed by atoms with Crippen LogP contribution in [0.25, 0.3) is 0 Å². The van der Waals surface area contributed by atoms with Gasteiger partial charge in [-0.1, -0.05) is 41.4 Å². The fourth-order valence-electron chi connectivity index (χ4n) is 2.44. The summed E-state index contributed by atoms with van der Waals surface area (Å²) in [5.41, 5.74) is 0.638. The summed E-state index contributed by atoms with van der Waals surface area (Å²) in [6.45, 7) is 6.45. The first kappa shape index (κ1) is 17.0. The van der Waals surface area contributed by atoms with Gasteiger partial charge in [-0.2, -0.15) is 0 Å². The van der Waals surface area contributed by atoms with E-state index in [1.807, 2.05) is 12.1 Å². The molecule has 0 amide bonds. The number of halogens is 2. The van der Waals surface area contributed by atoms with Gasteiger partial charge in [-0.15, -0.1) is 0 Å². The quantitative estimate of drug-likeness (QED) is 0.586. The van der Waals surface area contributed by atoms with Crippen molar-refractivity contribution < 1.29 is 4.79 Å². The van der Waals surface area contributed by atoms with Crippen LogP contribution in [-0.4, -0.2) is 29.8 Å². The summed E-state index contributed by atoms with van der Waals surface area (Å²) in [5.74, 6) is 0.852. The Labute approximate surface area is 141 Å². The zero-order valence-corrected chi connectivity index (χ0v) is 15.1. The summed E-state index contributed by atoms with van der Waals surface area (Å²) in [4.78, 5) is 14.8. The Hall–Kier alpha value is -0.380. The molecule has 21 heavy (non-hydrogen) atoms. The van der Waals surface area contributed by atoms with Gasteiger partial charge in [0.25, 0.3) is 0 Å². The Kier molecular flexibility index (Phi) is 6.27. The molecule has 116 valence electrons. The fourth-order valence-corrected chi connectivity index (χ4v) is 3.21. The summed E-state index contributed by atoms with van der Waals surface area (Å²) >= 11 is 9.52. The third-order valence-corrected chi connectivity index (χ3v) is 4.72. The Morgan fingerprint density at radius 1 is 1.38 bits per heavy atom. The third kappa shape index (κ3) is 5.39. The van der Waals surface area contributed by atoms with E-state index >= 15 is 0 Å². The van der Waals surface area contributed by atoms with Crippen molar-refractivity contribution in [1.29, 1.82) is 0 Å². The second-order valence-corrected chi connectivity index (χ2v) is 7.57. The number of nitrogens with zero attached hydrogens (tertiary/aromatic N) is 1. The van der Waals surface area contributed by atoms with E-state index in [1.54, 1.807) is 6.07 Å². The van der Waals surface area contributed by atoms with E-state index in [-0.39, 0.29) is 5.78 Å². The van der Waals surface area contributed by atoms with Crippen molar-refractivity contribution in [3.05, 3.63) is 33.3 Å². The molecule has 1 fully saturated rings. The molecule has 0 unspecified atom stereocenters. The van der Waals surface area contributed by atoms with Crippen molar-refractivity contribution in [2.75, 3.05) is 13.1 Å². The van der Waals surface area contributed by atoms with Gasteiger partial charge < -0.3 is 0 Å². The standard InChI is InChI=1S/C17H23BrClNO/c1-12(2)7-9-20(14-4-5-14)10-8-17(21)15-6-3-13(18)11-16(15)19/h3,6,11-12,14H,4-5,7-10H2,1-2H3. The highest BCUT2D eigenvalue weighted by molar-refractivity contribution is 9.10. The monoisotopic (exact) mass is 371 g/mol.